The molecule has 21 heavy (non-hydrogen) atoms. The van der Waals surface area contributed by atoms with Crippen LogP contribution in [0.15, 0.2) is 30.9 Å². The van der Waals surface area contributed by atoms with Crippen LogP contribution in [-0.2, 0) is 0 Å². The van der Waals surface area contributed by atoms with Crippen LogP contribution in [0.1, 0.15) is 23.2 Å². The number of primary amides is 1. The van der Waals surface area contributed by atoms with Gasteiger partial charge in [-0.05, 0) is 24.8 Å². The minimum absolute atomic E-state index is 0.367. The minimum atomic E-state index is -0.645. The molecule has 1 fully saturated rings. The first-order valence-corrected chi connectivity index (χ1v) is 6.80. The molecule has 1 aliphatic carbocycles. The number of amides is 1. The molecule has 0 atom stereocenters. The molecule has 2 aromatic rings. The van der Waals surface area contributed by atoms with Crippen LogP contribution in [0, 0.1) is 5.92 Å². The highest BCUT2D eigenvalue weighted by atomic mass is 19.1. The molecule has 110 valence electrons. The highest BCUT2D eigenvalue weighted by Crippen LogP contribution is 2.29. The van der Waals surface area contributed by atoms with Crippen LogP contribution in [0.25, 0.3) is 5.69 Å². The van der Waals surface area contributed by atoms with Gasteiger partial charge < -0.3 is 15.6 Å². The maximum absolute atomic E-state index is 12.7. The van der Waals surface area contributed by atoms with E-state index in [1.165, 1.54) is 0 Å². The Kier molecular flexibility index (Phi) is 3.55. The van der Waals surface area contributed by atoms with Crippen LogP contribution in [0.4, 0.5) is 10.3 Å². The number of aromatic nitrogens is 3. The van der Waals surface area contributed by atoms with Gasteiger partial charge in [-0.2, -0.15) is 0 Å². The van der Waals surface area contributed by atoms with Crippen molar-refractivity contribution in [2.24, 2.45) is 11.7 Å². The fraction of sp³-hybridized carbons (Fsp3) is 0.357. The summed E-state index contributed by atoms with van der Waals surface area (Å²) >= 11 is 0. The first-order valence-electron chi connectivity index (χ1n) is 6.80. The lowest BCUT2D eigenvalue weighted by Crippen LogP contribution is -2.30. The molecule has 0 radical (unpaired) electrons. The van der Waals surface area contributed by atoms with E-state index in [2.05, 4.69) is 15.3 Å². The number of nitrogens with zero attached hydrogens (tertiary/aromatic N) is 3. The number of halogens is 1. The lowest BCUT2D eigenvalue weighted by atomic mass is 9.83. The number of nitrogens with two attached hydrogens (primary N) is 1. The van der Waals surface area contributed by atoms with E-state index in [0.717, 1.165) is 5.69 Å². The van der Waals surface area contributed by atoms with Crippen LogP contribution >= 0.6 is 0 Å². The van der Waals surface area contributed by atoms with Crippen molar-refractivity contribution in [1.29, 1.82) is 0 Å². The van der Waals surface area contributed by atoms with E-state index in [0.29, 0.717) is 36.8 Å². The average molecular weight is 289 g/mol. The minimum Gasteiger partial charge on any atom is -0.366 e. The zero-order valence-corrected chi connectivity index (χ0v) is 11.4. The van der Waals surface area contributed by atoms with E-state index in [1.54, 1.807) is 35.4 Å². The molecular formula is C14H16FN5O. The summed E-state index contributed by atoms with van der Waals surface area (Å²) in [6, 6.07) is 1.64. The van der Waals surface area contributed by atoms with Gasteiger partial charge >= 0.3 is 0 Å². The van der Waals surface area contributed by atoms with Gasteiger partial charge in [-0.25, -0.2) is 14.4 Å². The predicted molar refractivity (Wildman–Crippen MR) is 76.0 cm³/mol. The molecule has 0 aliphatic heterocycles. The summed E-state index contributed by atoms with van der Waals surface area (Å²) < 4.78 is 14.4. The Labute approximate surface area is 121 Å². The van der Waals surface area contributed by atoms with Gasteiger partial charge in [-0.1, -0.05) is 0 Å². The van der Waals surface area contributed by atoms with Crippen molar-refractivity contribution >= 4 is 11.9 Å². The SMILES string of the molecule is NC(=O)c1ccn(-c2cnc(NCC3CC(F)C3)nc2)c1. The highest BCUT2D eigenvalue weighted by molar-refractivity contribution is 5.92. The summed E-state index contributed by atoms with van der Waals surface area (Å²) in [6.45, 7) is 0.690. The van der Waals surface area contributed by atoms with Gasteiger partial charge in [0.15, 0.2) is 0 Å². The standard InChI is InChI=1S/C14H16FN5O/c15-11-3-9(4-11)5-17-14-18-6-12(7-19-14)20-2-1-10(8-20)13(16)21/h1-2,6-9,11H,3-5H2,(H2,16,21)(H,17,18,19). The van der Waals surface area contributed by atoms with Crippen molar-refractivity contribution in [3.05, 3.63) is 36.4 Å². The smallest absolute Gasteiger partial charge is 0.250 e. The van der Waals surface area contributed by atoms with Crippen LogP contribution in [0.3, 0.4) is 0 Å². The van der Waals surface area contributed by atoms with Crippen LogP contribution in [0.2, 0.25) is 0 Å². The molecule has 3 rings (SSSR count). The second kappa shape index (κ2) is 5.51. The Morgan fingerprint density at radius 3 is 2.71 bits per heavy atom. The molecule has 6 nitrogen and oxygen atoms in total. The largest absolute Gasteiger partial charge is 0.366 e. The monoisotopic (exact) mass is 289 g/mol. The van der Waals surface area contributed by atoms with Crippen LogP contribution in [-0.4, -0.2) is 33.2 Å². The van der Waals surface area contributed by atoms with Gasteiger partial charge in [0.25, 0.3) is 0 Å². The zero-order chi connectivity index (χ0) is 14.8. The molecule has 1 amide bonds. The lowest BCUT2D eigenvalue weighted by Gasteiger charge is -2.29. The number of hydrogen-bond acceptors (Lipinski definition) is 4. The fourth-order valence-corrected chi connectivity index (χ4v) is 2.31. The lowest BCUT2D eigenvalue weighted by molar-refractivity contribution is 0.100. The first-order chi connectivity index (χ1) is 10.1. The van der Waals surface area contributed by atoms with E-state index < -0.39 is 12.1 Å². The van der Waals surface area contributed by atoms with Crippen molar-refractivity contribution in [1.82, 2.24) is 14.5 Å². The van der Waals surface area contributed by atoms with Crippen molar-refractivity contribution in [2.75, 3.05) is 11.9 Å². The topological polar surface area (TPSA) is 85.8 Å². The number of hydrogen-bond donors (Lipinski definition) is 2. The Balaban J connectivity index is 1.61. The number of rotatable bonds is 5. The van der Waals surface area contributed by atoms with Gasteiger partial charge in [0.2, 0.25) is 11.9 Å². The summed E-state index contributed by atoms with van der Waals surface area (Å²) in [5.41, 5.74) is 6.38. The molecule has 2 aromatic heterocycles. The molecule has 1 aliphatic rings. The van der Waals surface area contributed by atoms with E-state index >= 15 is 0 Å². The number of alkyl halides is 1. The van der Waals surface area contributed by atoms with Gasteiger partial charge in [-0.3, -0.25) is 4.79 Å². The summed E-state index contributed by atoms with van der Waals surface area (Å²) in [7, 11) is 0. The Hall–Kier alpha value is -2.44. The van der Waals surface area contributed by atoms with Crippen molar-refractivity contribution in [3.8, 4) is 5.69 Å². The summed E-state index contributed by atoms with van der Waals surface area (Å²) in [5, 5.41) is 3.10. The van der Waals surface area contributed by atoms with Crippen LogP contribution < -0.4 is 11.1 Å². The quantitative estimate of drug-likeness (QED) is 0.874. The first kappa shape index (κ1) is 13.5. The number of carbonyl (C=O) groups is 1. The van der Waals surface area contributed by atoms with Gasteiger partial charge in [0.1, 0.15) is 6.17 Å². The summed E-state index contributed by atoms with van der Waals surface area (Å²) in [6.07, 6.45) is 7.24. The number of anilines is 1. The molecule has 1 saturated carbocycles. The van der Waals surface area contributed by atoms with Crippen LogP contribution in [0.5, 0.6) is 0 Å². The molecule has 0 aromatic carbocycles. The Morgan fingerprint density at radius 1 is 1.43 bits per heavy atom. The zero-order valence-electron chi connectivity index (χ0n) is 11.4. The molecule has 3 N–H and O–H groups in total. The molecule has 0 unspecified atom stereocenters. The molecule has 0 bridgehead atoms. The number of nitrogens with one attached hydrogen (secondary N) is 1. The third kappa shape index (κ3) is 3.01. The van der Waals surface area contributed by atoms with Crippen molar-refractivity contribution in [3.63, 3.8) is 0 Å². The van der Waals surface area contributed by atoms with Crippen molar-refractivity contribution < 1.29 is 9.18 Å². The third-order valence-corrected chi connectivity index (χ3v) is 3.64. The molecule has 2 heterocycles. The van der Waals surface area contributed by atoms with E-state index in [9.17, 15) is 9.18 Å². The second-order valence-electron chi connectivity index (χ2n) is 5.25. The van der Waals surface area contributed by atoms with E-state index in [1.807, 2.05) is 0 Å². The third-order valence-electron chi connectivity index (χ3n) is 3.64. The molecular weight excluding hydrogens is 273 g/mol. The Bertz CT molecular complexity index is 633. The fourth-order valence-electron chi connectivity index (χ4n) is 2.31. The highest BCUT2D eigenvalue weighted by Gasteiger charge is 2.28. The normalized spacial score (nSPS) is 20.8. The average Bonchev–Trinajstić information content (AvgIpc) is 2.93. The molecule has 0 spiro atoms. The summed E-state index contributed by atoms with van der Waals surface area (Å²) in [5.74, 6) is 0.411. The summed E-state index contributed by atoms with van der Waals surface area (Å²) in [4.78, 5) is 19.5. The maximum Gasteiger partial charge on any atom is 0.250 e. The molecule has 0 saturated heterocycles. The van der Waals surface area contributed by atoms with E-state index in [4.69, 9.17) is 5.73 Å². The maximum atomic E-state index is 12.7. The van der Waals surface area contributed by atoms with Gasteiger partial charge in [0, 0.05) is 18.9 Å². The predicted octanol–water partition coefficient (Wildman–Crippen LogP) is 1.53. The number of carbonyl (C=O) groups excluding carboxylic acids is 1. The van der Waals surface area contributed by atoms with E-state index in [-0.39, 0.29) is 0 Å². The van der Waals surface area contributed by atoms with Gasteiger partial charge in [-0.15, -0.1) is 0 Å². The Morgan fingerprint density at radius 2 is 2.14 bits per heavy atom. The van der Waals surface area contributed by atoms with Crippen molar-refractivity contribution in [2.45, 2.75) is 19.0 Å². The molecule has 7 heteroatoms. The second-order valence-corrected chi connectivity index (χ2v) is 5.25. The van der Waals surface area contributed by atoms with Gasteiger partial charge in [0.05, 0.1) is 23.6 Å².